The zero-order valence-corrected chi connectivity index (χ0v) is 17.8. The number of nitrogens with zero attached hydrogens (tertiary/aromatic N) is 4. The lowest BCUT2D eigenvalue weighted by atomic mass is 10.2. The highest BCUT2D eigenvalue weighted by Gasteiger charge is 2.24. The molecule has 2 aliphatic rings. The lowest BCUT2D eigenvalue weighted by Gasteiger charge is -2.38. The minimum absolute atomic E-state index is 0.293. The van der Waals surface area contributed by atoms with Crippen molar-refractivity contribution < 1.29 is 9.53 Å². The molecule has 0 aliphatic carbocycles. The molecule has 0 saturated carbocycles. The van der Waals surface area contributed by atoms with E-state index in [1.165, 1.54) is 5.56 Å². The number of benzene rings is 1. The number of piperazine rings is 2. The van der Waals surface area contributed by atoms with E-state index in [-0.39, 0.29) is 0 Å². The van der Waals surface area contributed by atoms with E-state index in [4.69, 9.17) is 4.74 Å². The monoisotopic (exact) mass is 388 g/mol. The Bertz CT molecular complexity index is 603. The van der Waals surface area contributed by atoms with Crippen molar-refractivity contribution in [2.24, 2.45) is 5.92 Å². The molecule has 6 heteroatoms. The summed E-state index contributed by atoms with van der Waals surface area (Å²) in [7, 11) is 1.69. The fourth-order valence-corrected chi connectivity index (χ4v) is 4.08. The Morgan fingerprint density at radius 1 is 0.893 bits per heavy atom. The Hall–Kier alpha value is -1.63. The second kappa shape index (κ2) is 10.2. The molecular weight excluding hydrogens is 352 g/mol. The van der Waals surface area contributed by atoms with Crippen molar-refractivity contribution in [2.45, 2.75) is 20.4 Å². The van der Waals surface area contributed by atoms with Crippen molar-refractivity contribution in [1.82, 2.24) is 19.6 Å². The SMILES string of the molecule is COc1ccc(CN2CCN(C(=O)CN3CCN(CC(C)C)CC3)CC2)cc1. The van der Waals surface area contributed by atoms with E-state index < -0.39 is 0 Å². The van der Waals surface area contributed by atoms with Crippen molar-refractivity contribution in [2.75, 3.05) is 72.6 Å². The summed E-state index contributed by atoms with van der Waals surface area (Å²) < 4.78 is 5.22. The lowest BCUT2D eigenvalue weighted by molar-refractivity contribution is -0.134. The summed E-state index contributed by atoms with van der Waals surface area (Å²) in [5.74, 6) is 1.90. The zero-order chi connectivity index (χ0) is 19.9. The summed E-state index contributed by atoms with van der Waals surface area (Å²) in [5.41, 5.74) is 1.29. The minimum atomic E-state index is 0.293. The van der Waals surface area contributed by atoms with Gasteiger partial charge in [0.25, 0.3) is 0 Å². The van der Waals surface area contributed by atoms with Gasteiger partial charge < -0.3 is 14.5 Å². The number of ether oxygens (including phenoxy) is 1. The first kappa shape index (κ1) is 21.1. The molecule has 0 radical (unpaired) electrons. The third kappa shape index (κ3) is 6.19. The Balaban J connectivity index is 1.37. The number of hydrogen-bond donors (Lipinski definition) is 0. The highest BCUT2D eigenvalue weighted by Crippen LogP contribution is 2.14. The number of carbonyl (C=O) groups is 1. The number of rotatable bonds is 7. The van der Waals surface area contributed by atoms with Gasteiger partial charge in [-0.1, -0.05) is 26.0 Å². The summed E-state index contributed by atoms with van der Waals surface area (Å²) >= 11 is 0. The Morgan fingerprint density at radius 2 is 1.46 bits per heavy atom. The van der Waals surface area contributed by atoms with Crippen LogP contribution >= 0.6 is 0 Å². The van der Waals surface area contributed by atoms with Crippen molar-refractivity contribution in [3.8, 4) is 5.75 Å². The smallest absolute Gasteiger partial charge is 0.236 e. The molecule has 3 rings (SSSR count). The van der Waals surface area contributed by atoms with Crippen LogP contribution in [-0.4, -0.2) is 98.1 Å². The van der Waals surface area contributed by atoms with Gasteiger partial charge in [-0.2, -0.15) is 0 Å². The van der Waals surface area contributed by atoms with Gasteiger partial charge in [0.1, 0.15) is 5.75 Å². The highest BCUT2D eigenvalue weighted by atomic mass is 16.5. The topological polar surface area (TPSA) is 39.3 Å². The average molecular weight is 389 g/mol. The van der Waals surface area contributed by atoms with Crippen molar-refractivity contribution in [3.63, 3.8) is 0 Å². The molecule has 0 spiro atoms. The molecule has 1 aromatic rings. The third-order valence-corrected chi connectivity index (χ3v) is 5.74. The first-order chi connectivity index (χ1) is 13.5. The standard InChI is InChI=1S/C22H36N4O2/c1-19(2)16-23-8-10-25(11-9-23)18-22(27)26-14-12-24(13-15-26)17-20-4-6-21(28-3)7-5-20/h4-7,19H,8-18H2,1-3H3. The van der Waals surface area contributed by atoms with Crippen LogP contribution in [0, 0.1) is 5.92 Å². The molecule has 1 amide bonds. The number of carbonyl (C=O) groups excluding carboxylic acids is 1. The lowest BCUT2D eigenvalue weighted by Crippen LogP contribution is -2.53. The summed E-state index contributed by atoms with van der Waals surface area (Å²) in [5, 5.41) is 0. The molecule has 2 heterocycles. The molecule has 0 atom stereocenters. The van der Waals surface area contributed by atoms with Crippen LogP contribution in [0.15, 0.2) is 24.3 Å². The van der Waals surface area contributed by atoms with E-state index >= 15 is 0 Å². The molecule has 0 bridgehead atoms. The van der Waals surface area contributed by atoms with Gasteiger partial charge in [-0.05, 0) is 23.6 Å². The van der Waals surface area contributed by atoms with E-state index in [0.29, 0.717) is 18.4 Å². The molecule has 0 N–H and O–H groups in total. The van der Waals surface area contributed by atoms with Gasteiger partial charge in [0.2, 0.25) is 5.91 Å². The fourth-order valence-electron chi connectivity index (χ4n) is 4.08. The molecule has 156 valence electrons. The predicted molar refractivity (Wildman–Crippen MR) is 113 cm³/mol. The van der Waals surface area contributed by atoms with Crippen LogP contribution in [0.1, 0.15) is 19.4 Å². The van der Waals surface area contributed by atoms with Gasteiger partial charge >= 0.3 is 0 Å². The van der Waals surface area contributed by atoms with Crippen molar-refractivity contribution >= 4 is 5.91 Å². The fraction of sp³-hybridized carbons (Fsp3) is 0.682. The molecular formula is C22H36N4O2. The Labute approximate surface area is 170 Å². The molecule has 1 aromatic carbocycles. The molecule has 0 unspecified atom stereocenters. The molecule has 2 saturated heterocycles. The average Bonchev–Trinajstić information content (AvgIpc) is 2.70. The van der Waals surface area contributed by atoms with E-state index in [2.05, 4.69) is 40.7 Å². The van der Waals surface area contributed by atoms with Crippen LogP contribution < -0.4 is 4.74 Å². The first-order valence-corrected chi connectivity index (χ1v) is 10.6. The largest absolute Gasteiger partial charge is 0.497 e. The van der Waals surface area contributed by atoms with E-state index in [1.54, 1.807) is 7.11 Å². The van der Waals surface area contributed by atoms with Crippen LogP contribution in [0.2, 0.25) is 0 Å². The molecule has 2 aliphatic heterocycles. The van der Waals surface area contributed by atoms with E-state index in [1.807, 2.05) is 17.0 Å². The van der Waals surface area contributed by atoms with Gasteiger partial charge in [0.15, 0.2) is 0 Å². The van der Waals surface area contributed by atoms with Crippen molar-refractivity contribution in [1.29, 1.82) is 0 Å². The van der Waals surface area contributed by atoms with E-state index in [0.717, 1.165) is 71.2 Å². The second-order valence-electron chi connectivity index (χ2n) is 8.48. The maximum Gasteiger partial charge on any atom is 0.236 e. The predicted octanol–water partition coefficient (Wildman–Crippen LogP) is 1.61. The molecule has 0 aromatic heterocycles. The molecule has 6 nitrogen and oxygen atoms in total. The zero-order valence-electron chi connectivity index (χ0n) is 17.8. The van der Waals surface area contributed by atoms with Gasteiger partial charge in [-0.3, -0.25) is 14.6 Å². The highest BCUT2D eigenvalue weighted by molar-refractivity contribution is 5.78. The first-order valence-electron chi connectivity index (χ1n) is 10.6. The third-order valence-electron chi connectivity index (χ3n) is 5.74. The van der Waals surface area contributed by atoms with Gasteiger partial charge in [-0.15, -0.1) is 0 Å². The normalized spacial score (nSPS) is 19.9. The second-order valence-corrected chi connectivity index (χ2v) is 8.48. The number of hydrogen-bond acceptors (Lipinski definition) is 5. The summed E-state index contributed by atoms with van der Waals surface area (Å²) in [6.45, 7) is 15.0. The summed E-state index contributed by atoms with van der Waals surface area (Å²) in [6, 6.07) is 8.26. The van der Waals surface area contributed by atoms with Crippen LogP contribution in [0.3, 0.4) is 0 Å². The minimum Gasteiger partial charge on any atom is -0.497 e. The summed E-state index contributed by atoms with van der Waals surface area (Å²) in [4.78, 5) is 22.0. The van der Waals surface area contributed by atoms with Crippen LogP contribution in [0.4, 0.5) is 0 Å². The maximum absolute atomic E-state index is 12.7. The summed E-state index contributed by atoms with van der Waals surface area (Å²) in [6.07, 6.45) is 0. The molecule has 2 fully saturated rings. The van der Waals surface area contributed by atoms with Crippen LogP contribution in [-0.2, 0) is 11.3 Å². The van der Waals surface area contributed by atoms with Gasteiger partial charge in [0.05, 0.1) is 13.7 Å². The molecule has 28 heavy (non-hydrogen) atoms. The number of amides is 1. The van der Waals surface area contributed by atoms with Crippen molar-refractivity contribution in [3.05, 3.63) is 29.8 Å². The van der Waals surface area contributed by atoms with Crippen LogP contribution in [0.25, 0.3) is 0 Å². The Kier molecular flexibility index (Phi) is 7.71. The van der Waals surface area contributed by atoms with E-state index in [9.17, 15) is 4.79 Å². The maximum atomic E-state index is 12.7. The van der Waals surface area contributed by atoms with Crippen LogP contribution in [0.5, 0.6) is 5.75 Å². The quantitative estimate of drug-likeness (QED) is 0.710. The van der Waals surface area contributed by atoms with Gasteiger partial charge in [-0.25, -0.2) is 0 Å². The van der Waals surface area contributed by atoms with Gasteiger partial charge in [0, 0.05) is 65.4 Å². The number of methoxy groups -OCH3 is 1. The Morgan fingerprint density at radius 3 is 2.04 bits per heavy atom.